The largest absolute Gasteiger partial charge is 0.573 e. The van der Waals surface area contributed by atoms with Crippen molar-refractivity contribution in [2.75, 3.05) is 5.32 Å². The molecule has 0 aliphatic carbocycles. The van der Waals surface area contributed by atoms with Gasteiger partial charge in [0.05, 0.1) is 12.2 Å². The molecule has 6 nitrogen and oxygen atoms in total. The van der Waals surface area contributed by atoms with E-state index in [1.54, 1.807) is 10.9 Å². The first-order chi connectivity index (χ1) is 12.9. The van der Waals surface area contributed by atoms with E-state index in [4.69, 9.17) is 5.73 Å². The average Bonchev–Trinajstić information content (AvgIpc) is 3.16. The van der Waals surface area contributed by atoms with Crippen molar-refractivity contribution in [3.63, 3.8) is 0 Å². The number of ether oxygens (including phenoxy) is 1. The molecular weight excluding hydrogens is 486 g/mol. The van der Waals surface area contributed by atoms with Gasteiger partial charge in [-0.25, -0.2) is 9.67 Å². The van der Waals surface area contributed by atoms with Crippen LogP contribution in [0.25, 0.3) is 5.69 Å². The molecule has 3 rings (SSSR count). The SMILES string of the molecule is I.NC(=NCc1ccc(-n2cccn2)cc1)Nc1ccc(OC(F)(F)F)cc1. The number of anilines is 1. The molecule has 3 aromatic rings. The maximum atomic E-state index is 12.1. The molecule has 3 N–H and O–H groups in total. The monoisotopic (exact) mass is 503 g/mol. The van der Waals surface area contributed by atoms with Crippen molar-refractivity contribution < 1.29 is 17.9 Å². The molecule has 0 saturated carbocycles. The van der Waals surface area contributed by atoms with Crippen LogP contribution in [0.5, 0.6) is 5.75 Å². The minimum Gasteiger partial charge on any atom is -0.406 e. The summed E-state index contributed by atoms with van der Waals surface area (Å²) >= 11 is 0. The van der Waals surface area contributed by atoms with Gasteiger partial charge in [-0.1, -0.05) is 12.1 Å². The highest BCUT2D eigenvalue weighted by Gasteiger charge is 2.30. The summed E-state index contributed by atoms with van der Waals surface area (Å²) in [5.74, 6) is -0.156. The lowest BCUT2D eigenvalue weighted by Crippen LogP contribution is -2.22. The third-order valence-corrected chi connectivity index (χ3v) is 3.50. The van der Waals surface area contributed by atoms with Crippen molar-refractivity contribution in [1.29, 1.82) is 0 Å². The molecule has 0 atom stereocenters. The normalized spacial score (nSPS) is 11.6. The van der Waals surface area contributed by atoms with Gasteiger partial charge in [0.2, 0.25) is 0 Å². The van der Waals surface area contributed by atoms with Crippen LogP contribution in [0.15, 0.2) is 72.0 Å². The Labute approximate surface area is 176 Å². The fourth-order valence-electron chi connectivity index (χ4n) is 2.28. The van der Waals surface area contributed by atoms with Crippen LogP contribution in [-0.4, -0.2) is 22.1 Å². The zero-order valence-electron chi connectivity index (χ0n) is 14.4. The minimum absolute atomic E-state index is 0. The van der Waals surface area contributed by atoms with Crippen molar-refractivity contribution in [3.05, 3.63) is 72.6 Å². The summed E-state index contributed by atoms with van der Waals surface area (Å²) in [6.45, 7) is 0.355. The molecule has 0 aliphatic rings. The Balaban J connectivity index is 0.00000280. The maximum absolute atomic E-state index is 12.1. The number of hydrogen-bond donors (Lipinski definition) is 2. The van der Waals surface area contributed by atoms with E-state index in [0.717, 1.165) is 11.3 Å². The summed E-state index contributed by atoms with van der Waals surface area (Å²) in [7, 11) is 0. The number of halogens is 4. The third kappa shape index (κ3) is 6.44. The Hall–Kier alpha value is -2.76. The predicted octanol–water partition coefficient (Wildman–Crippen LogP) is 4.32. The van der Waals surface area contributed by atoms with Crippen molar-refractivity contribution in [2.45, 2.75) is 12.9 Å². The minimum atomic E-state index is -4.72. The molecule has 0 fully saturated rings. The van der Waals surface area contributed by atoms with Crippen LogP contribution in [0.4, 0.5) is 18.9 Å². The quantitative estimate of drug-likeness (QED) is 0.309. The first kappa shape index (κ1) is 21.5. The maximum Gasteiger partial charge on any atom is 0.573 e. The highest BCUT2D eigenvalue weighted by molar-refractivity contribution is 14.0. The van der Waals surface area contributed by atoms with Gasteiger partial charge in [0.15, 0.2) is 5.96 Å². The Morgan fingerprint density at radius 1 is 1.11 bits per heavy atom. The van der Waals surface area contributed by atoms with Gasteiger partial charge in [-0.05, 0) is 48.0 Å². The lowest BCUT2D eigenvalue weighted by molar-refractivity contribution is -0.274. The number of guanidine groups is 1. The molecular formula is C18H17F3IN5O. The Kier molecular flexibility index (Phi) is 7.26. The van der Waals surface area contributed by atoms with Crippen molar-refractivity contribution in [1.82, 2.24) is 9.78 Å². The van der Waals surface area contributed by atoms with E-state index < -0.39 is 6.36 Å². The standard InChI is InChI=1S/C18H16F3N5O.HI/c19-18(20,21)27-16-8-4-14(5-9-16)25-17(22)23-12-13-2-6-15(7-3-13)26-11-1-10-24-26;/h1-11H,12H2,(H3,22,23,25);1H. The summed E-state index contributed by atoms with van der Waals surface area (Å²) in [4.78, 5) is 4.21. The fourth-order valence-corrected chi connectivity index (χ4v) is 2.28. The van der Waals surface area contributed by atoms with Gasteiger partial charge in [0, 0.05) is 18.1 Å². The molecule has 0 radical (unpaired) electrons. The smallest absolute Gasteiger partial charge is 0.406 e. The van der Waals surface area contributed by atoms with Crippen LogP contribution in [0.1, 0.15) is 5.56 Å². The number of hydrogen-bond acceptors (Lipinski definition) is 3. The average molecular weight is 503 g/mol. The number of aromatic nitrogens is 2. The van der Waals surface area contributed by atoms with E-state index in [1.807, 2.05) is 36.5 Å². The zero-order chi connectivity index (χ0) is 19.3. The van der Waals surface area contributed by atoms with Crippen LogP contribution >= 0.6 is 24.0 Å². The molecule has 1 aromatic heterocycles. The van der Waals surface area contributed by atoms with Gasteiger partial charge in [0.1, 0.15) is 5.75 Å². The molecule has 0 unspecified atom stereocenters. The molecule has 0 spiro atoms. The van der Waals surface area contributed by atoms with Crippen LogP contribution < -0.4 is 15.8 Å². The topological polar surface area (TPSA) is 77.5 Å². The van der Waals surface area contributed by atoms with E-state index in [1.165, 1.54) is 24.3 Å². The highest BCUT2D eigenvalue weighted by Crippen LogP contribution is 2.23. The number of nitrogens with one attached hydrogen (secondary N) is 1. The highest BCUT2D eigenvalue weighted by atomic mass is 127. The summed E-state index contributed by atoms with van der Waals surface area (Å²) < 4.78 is 42.0. The lowest BCUT2D eigenvalue weighted by Gasteiger charge is -2.10. The van der Waals surface area contributed by atoms with Crippen molar-refractivity contribution in [3.8, 4) is 11.4 Å². The number of rotatable bonds is 5. The summed E-state index contributed by atoms with van der Waals surface area (Å²) in [6, 6.07) is 14.7. The van der Waals surface area contributed by atoms with Crippen molar-refractivity contribution in [2.24, 2.45) is 10.7 Å². The summed E-state index contributed by atoms with van der Waals surface area (Å²) in [5.41, 5.74) is 8.19. The first-order valence-corrected chi connectivity index (χ1v) is 7.91. The van der Waals surface area contributed by atoms with Gasteiger partial charge < -0.3 is 15.8 Å². The fraction of sp³-hybridized carbons (Fsp3) is 0.111. The van der Waals surface area contributed by atoms with E-state index in [9.17, 15) is 13.2 Å². The molecule has 148 valence electrons. The Bertz CT molecular complexity index is 894. The molecule has 10 heteroatoms. The predicted molar refractivity (Wildman–Crippen MR) is 111 cm³/mol. The summed E-state index contributed by atoms with van der Waals surface area (Å²) in [5, 5.41) is 6.96. The van der Waals surface area contributed by atoms with Gasteiger partial charge in [-0.3, -0.25) is 0 Å². The zero-order valence-corrected chi connectivity index (χ0v) is 16.8. The molecule has 28 heavy (non-hydrogen) atoms. The molecule has 0 aliphatic heterocycles. The number of nitrogens with zero attached hydrogens (tertiary/aromatic N) is 3. The van der Waals surface area contributed by atoms with Gasteiger partial charge in [-0.15, -0.1) is 37.1 Å². The van der Waals surface area contributed by atoms with Gasteiger partial charge in [-0.2, -0.15) is 5.10 Å². The second kappa shape index (κ2) is 9.44. The first-order valence-electron chi connectivity index (χ1n) is 7.91. The van der Waals surface area contributed by atoms with Crippen molar-refractivity contribution >= 4 is 35.6 Å². The lowest BCUT2D eigenvalue weighted by atomic mass is 10.2. The van der Waals surface area contributed by atoms with E-state index in [-0.39, 0.29) is 35.7 Å². The molecule has 1 heterocycles. The van der Waals surface area contributed by atoms with Gasteiger partial charge >= 0.3 is 6.36 Å². The van der Waals surface area contributed by atoms with E-state index in [0.29, 0.717) is 12.2 Å². The second-order valence-corrected chi connectivity index (χ2v) is 5.52. The number of alkyl halides is 3. The Morgan fingerprint density at radius 3 is 2.36 bits per heavy atom. The van der Waals surface area contributed by atoms with E-state index >= 15 is 0 Å². The molecule has 2 aromatic carbocycles. The summed E-state index contributed by atoms with van der Waals surface area (Å²) in [6.07, 6.45) is -1.17. The van der Waals surface area contributed by atoms with Crippen LogP contribution in [-0.2, 0) is 6.54 Å². The molecule has 0 amide bonds. The number of benzene rings is 2. The van der Waals surface area contributed by atoms with Crippen LogP contribution in [0.2, 0.25) is 0 Å². The van der Waals surface area contributed by atoms with Gasteiger partial charge in [0.25, 0.3) is 0 Å². The van der Waals surface area contributed by atoms with Crippen LogP contribution in [0, 0.1) is 0 Å². The number of aliphatic imine (C=N–C) groups is 1. The number of nitrogens with two attached hydrogens (primary N) is 1. The molecule has 0 saturated heterocycles. The Morgan fingerprint density at radius 2 is 1.79 bits per heavy atom. The third-order valence-electron chi connectivity index (χ3n) is 3.50. The van der Waals surface area contributed by atoms with Crippen LogP contribution in [0.3, 0.4) is 0 Å². The second-order valence-electron chi connectivity index (χ2n) is 5.52. The molecule has 0 bridgehead atoms. The van der Waals surface area contributed by atoms with E-state index in [2.05, 4.69) is 20.1 Å².